The third-order valence-electron chi connectivity index (χ3n) is 4.31. The fourth-order valence-electron chi connectivity index (χ4n) is 3.11. The molecule has 2 aromatic carbocycles. The first kappa shape index (κ1) is 15.4. The zero-order chi connectivity index (χ0) is 16.4. The predicted molar refractivity (Wildman–Crippen MR) is 94.5 cm³/mol. The molecular formula is C19H19NO3S. The van der Waals surface area contributed by atoms with Crippen molar-refractivity contribution in [2.24, 2.45) is 0 Å². The van der Waals surface area contributed by atoms with Crippen LogP contribution in [-0.4, -0.2) is 36.3 Å². The number of ether oxygens (including phenoxy) is 2. The number of benzene rings is 2. The van der Waals surface area contributed by atoms with Gasteiger partial charge in [0.15, 0.2) is 0 Å². The van der Waals surface area contributed by atoms with Gasteiger partial charge in [-0.05, 0) is 35.4 Å². The molecule has 124 valence electrons. The van der Waals surface area contributed by atoms with Gasteiger partial charge in [0.25, 0.3) is 0 Å². The predicted octanol–water partition coefficient (Wildman–Crippen LogP) is 3.27. The van der Waals surface area contributed by atoms with E-state index in [0.29, 0.717) is 18.9 Å². The highest BCUT2D eigenvalue weighted by Crippen LogP contribution is 2.40. The molecule has 0 saturated carbocycles. The molecule has 1 unspecified atom stereocenters. The van der Waals surface area contributed by atoms with Crippen LogP contribution in [-0.2, 0) is 11.2 Å². The molecule has 0 aliphatic carbocycles. The maximum Gasteiger partial charge on any atom is 0.233 e. The molecule has 0 aromatic heterocycles. The summed E-state index contributed by atoms with van der Waals surface area (Å²) in [5.41, 5.74) is 2.42. The van der Waals surface area contributed by atoms with E-state index >= 15 is 0 Å². The summed E-state index contributed by atoms with van der Waals surface area (Å²) >= 11 is 1.68. The fraction of sp³-hybridized carbons (Fsp3) is 0.316. The monoisotopic (exact) mass is 341 g/mol. The van der Waals surface area contributed by atoms with Gasteiger partial charge in [-0.15, -0.1) is 11.8 Å². The molecule has 1 amide bonds. The summed E-state index contributed by atoms with van der Waals surface area (Å²) in [6.07, 6.45) is 0.950. The molecule has 4 rings (SSSR count). The van der Waals surface area contributed by atoms with Gasteiger partial charge >= 0.3 is 0 Å². The van der Waals surface area contributed by atoms with E-state index in [9.17, 15) is 4.79 Å². The van der Waals surface area contributed by atoms with Gasteiger partial charge in [-0.3, -0.25) is 4.79 Å². The second-order valence-corrected chi connectivity index (χ2v) is 6.95. The van der Waals surface area contributed by atoms with E-state index in [2.05, 4.69) is 12.1 Å². The highest BCUT2D eigenvalue weighted by Gasteiger charge is 2.33. The van der Waals surface area contributed by atoms with Crippen LogP contribution in [0.15, 0.2) is 48.5 Å². The molecule has 1 fully saturated rings. The second kappa shape index (κ2) is 6.77. The van der Waals surface area contributed by atoms with Crippen LogP contribution in [0.1, 0.15) is 16.5 Å². The topological polar surface area (TPSA) is 38.8 Å². The second-order valence-electron chi connectivity index (χ2n) is 5.88. The lowest BCUT2D eigenvalue weighted by atomic mass is 10.1. The van der Waals surface area contributed by atoms with Crippen molar-refractivity contribution >= 4 is 17.7 Å². The Morgan fingerprint density at radius 1 is 1.21 bits per heavy atom. The maximum absolute atomic E-state index is 12.3. The average molecular weight is 341 g/mol. The van der Waals surface area contributed by atoms with Gasteiger partial charge in [0.1, 0.15) is 23.5 Å². The van der Waals surface area contributed by atoms with Gasteiger partial charge in [-0.1, -0.05) is 24.3 Å². The number of carbonyl (C=O) groups excluding carboxylic acids is 1. The Labute approximate surface area is 145 Å². The smallest absolute Gasteiger partial charge is 0.233 e. The van der Waals surface area contributed by atoms with Gasteiger partial charge in [0.2, 0.25) is 5.91 Å². The van der Waals surface area contributed by atoms with Crippen molar-refractivity contribution in [2.75, 3.05) is 25.5 Å². The first-order chi connectivity index (χ1) is 11.8. The molecule has 0 N–H and O–H groups in total. The number of hydrogen-bond donors (Lipinski definition) is 0. The molecule has 0 radical (unpaired) electrons. The largest absolute Gasteiger partial charge is 0.493 e. The third kappa shape index (κ3) is 3.08. The Hall–Kier alpha value is -2.14. The average Bonchev–Trinajstić information content (AvgIpc) is 3.22. The highest BCUT2D eigenvalue weighted by atomic mass is 32.2. The lowest BCUT2D eigenvalue weighted by Gasteiger charge is -2.24. The Morgan fingerprint density at radius 2 is 2.08 bits per heavy atom. The molecule has 24 heavy (non-hydrogen) atoms. The lowest BCUT2D eigenvalue weighted by molar-refractivity contribution is -0.128. The molecule has 2 heterocycles. The maximum atomic E-state index is 12.3. The van der Waals surface area contributed by atoms with Crippen LogP contribution in [0.4, 0.5) is 0 Å². The van der Waals surface area contributed by atoms with Crippen molar-refractivity contribution in [3.63, 3.8) is 0 Å². The molecule has 2 aliphatic heterocycles. The van der Waals surface area contributed by atoms with Crippen molar-refractivity contribution in [3.05, 3.63) is 59.7 Å². The summed E-state index contributed by atoms with van der Waals surface area (Å²) in [4.78, 5) is 14.2. The van der Waals surface area contributed by atoms with E-state index in [0.717, 1.165) is 24.5 Å². The number of carbonyl (C=O) groups is 1. The summed E-state index contributed by atoms with van der Waals surface area (Å²) in [5.74, 6) is 2.53. The van der Waals surface area contributed by atoms with Crippen molar-refractivity contribution in [3.8, 4) is 11.5 Å². The number of rotatable bonds is 5. The van der Waals surface area contributed by atoms with Crippen LogP contribution in [0.3, 0.4) is 0 Å². The molecule has 5 heteroatoms. The Morgan fingerprint density at radius 3 is 2.96 bits per heavy atom. The first-order valence-corrected chi connectivity index (χ1v) is 9.21. The van der Waals surface area contributed by atoms with Crippen molar-refractivity contribution in [1.29, 1.82) is 0 Å². The van der Waals surface area contributed by atoms with Gasteiger partial charge in [-0.2, -0.15) is 0 Å². The third-order valence-corrected chi connectivity index (χ3v) is 5.57. The van der Waals surface area contributed by atoms with Gasteiger partial charge < -0.3 is 14.4 Å². The molecule has 0 spiro atoms. The van der Waals surface area contributed by atoms with Crippen molar-refractivity contribution in [2.45, 2.75) is 11.8 Å². The molecule has 0 bridgehead atoms. The number of nitrogens with zero attached hydrogens (tertiary/aromatic N) is 1. The quantitative estimate of drug-likeness (QED) is 0.837. The SMILES string of the molecule is O=C1CSC(c2ccc3c(c2)CCO3)N1CCOc1ccccc1. The minimum absolute atomic E-state index is 0.0720. The van der Waals surface area contributed by atoms with E-state index in [1.807, 2.05) is 41.3 Å². The molecule has 2 aromatic rings. The van der Waals surface area contributed by atoms with Crippen LogP contribution in [0.2, 0.25) is 0 Å². The summed E-state index contributed by atoms with van der Waals surface area (Å²) in [7, 11) is 0. The zero-order valence-electron chi connectivity index (χ0n) is 13.3. The molecule has 4 nitrogen and oxygen atoms in total. The van der Waals surface area contributed by atoms with Crippen LogP contribution >= 0.6 is 11.8 Å². The number of amides is 1. The van der Waals surface area contributed by atoms with E-state index in [1.54, 1.807) is 11.8 Å². The molecule has 2 aliphatic rings. The molecule has 1 saturated heterocycles. The normalized spacial score (nSPS) is 19.2. The van der Waals surface area contributed by atoms with E-state index in [-0.39, 0.29) is 11.3 Å². The summed E-state index contributed by atoms with van der Waals surface area (Å²) in [6, 6.07) is 16.0. The van der Waals surface area contributed by atoms with E-state index in [1.165, 1.54) is 11.1 Å². The number of fused-ring (bicyclic) bond motifs is 1. The minimum atomic E-state index is 0.0720. The van der Waals surface area contributed by atoms with Crippen molar-refractivity contribution in [1.82, 2.24) is 4.90 Å². The molecule has 1 atom stereocenters. The Bertz CT molecular complexity index is 735. The van der Waals surface area contributed by atoms with Crippen molar-refractivity contribution < 1.29 is 14.3 Å². The van der Waals surface area contributed by atoms with Gasteiger partial charge in [-0.25, -0.2) is 0 Å². The summed E-state index contributed by atoms with van der Waals surface area (Å²) in [5, 5.41) is 0.0720. The summed E-state index contributed by atoms with van der Waals surface area (Å²) < 4.78 is 11.3. The van der Waals surface area contributed by atoms with Crippen LogP contribution < -0.4 is 9.47 Å². The first-order valence-electron chi connectivity index (χ1n) is 8.16. The van der Waals surface area contributed by atoms with E-state index in [4.69, 9.17) is 9.47 Å². The van der Waals surface area contributed by atoms with Crippen LogP contribution in [0.25, 0.3) is 0 Å². The number of hydrogen-bond acceptors (Lipinski definition) is 4. The standard InChI is InChI=1S/C19H19NO3S/c21-18-13-24-19(15-6-7-17-14(12-15)8-10-23-17)20(18)9-11-22-16-4-2-1-3-5-16/h1-7,12,19H,8-11,13H2. The van der Waals surface area contributed by atoms with Crippen LogP contribution in [0.5, 0.6) is 11.5 Å². The fourth-order valence-corrected chi connectivity index (χ4v) is 4.32. The van der Waals surface area contributed by atoms with Gasteiger partial charge in [0.05, 0.1) is 18.9 Å². The van der Waals surface area contributed by atoms with Crippen LogP contribution in [0, 0.1) is 0 Å². The number of para-hydroxylation sites is 1. The van der Waals surface area contributed by atoms with Gasteiger partial charge in [0, 0.05) is 6.42 Å². The highest BCUT2D eigenvalue weighted by molar-refractivity contribution is 8.00. The minimum Gasteiger partial charge on any atom is -0.493 e. The Balaban J connectivity index is 1.44. The van der Waals surface area contributed by atoms with E-state index < -0.39 is 0 Å². The molecular weight excluding hydrogens is 322 g/mol. The number of thioether (sulfide) groups is 1. The summed E-state index contributed by atoms with van der Waals surface area (Å²) in [6.45, 7) is 1.85. The zero-order valence-corrected chi connectivity index (χ0v) is 14.1. The Kier molecular flexibility index (Phi) is 4.34. The lowest BCUT2D eigenvalue weighted by Crippen LogP contribution is -2.32.